The van der Waals surface area contributed by atoms with E-state index in [1.807, 2.05) is 30.3 Å². The molecule has 0 saturated carbocycles. The maximum absolute atomic E-state index is 14.1. The van der Waals surface area contributed by atoms with Gasteiger partial charge in [0.05, 0.1) is 18.0 Å². The Hall–Kier alpha value is -3.73. The average molecular weight is 469 g/mol. The third kappa shape index (κ3) is 4.51. The van der Waals surface area contributed by atoms with E-state index in [2.05, 4.69) is 49.9 Å². The number of hydrogen-bond donors (Lipinski definition) is 0. The predicted molar refractivity (Wildman–Crippen MR) is 139 cm³/mol. The molecule has 4 aromatic rings. The fourth-order valence-corrected chi connectivity index (χ4v) is 4.92. The molecular weight excluding hydrogens is 439 g/mol. The van der Waals surface area contributed by atoms with Crippen LogP contribution in [0.25, 0.3) is 11.0 Å². The maximum Gasteiger partial charge on any atom is 0.196 e. The number of halogens is 1. The van der Waals surface area contributed by atoms with Crippen LogP contribution >= 0.6 is 0 Å². The number of aryl methyl sites for hydroxylation is 1. The van der Waals surface area contributed by atoms with Crippen LogP contribution in [0.1, 0.15) is 47.9 Å². The summed E-state index contributed by atoms with van der Waals surface area (Å²) in [5, 5.41) is 0.400. The third-order valence-electron chi connectivity index (χ3n) is 6.62. The first kappa shape index (κ1) is 23.0. The Kier molecular flexibility index (Phi) is 6.25. The second-order valence-electron chi connectivity index (χ2n) is 9.53. The Morgan fingerprint density at radius 1 is 1.03 bits per heavy atom. The van der Waals surface area contributed by atoms with Gasteiger partial charge in [0.25, 0.3) is 0 Å². The van der Waals surface area contributed by atoms with Gasteiger partial charge in [-0.15, -0.1) is 0 Å². The van der Waals surface area contributed by atoms with Crippen LogP contribution < -0.4 is 5.43 Å². The average Bonchev–Trinajstić information content (AvgIpc) is 3.31. The molecule has 0 saturated heterocycles. The molecule has 0 spiro atoms. The van der Waals surface area contributed by atoms with Crippen LogP contribution in [-0.2, 0) is 6.42 Å². The molecular formula is C30H29FN2O2. The molecule has 4 nitrogen and oxygen atoms in total. The van der Waals surface area contributed by atoms with Crippen molar-refractivity contribution in [1.29, 1.82) is 0 Å². The Morgan fingerprint density at radius 2 is 1.77 bits per heavy atom. The van der Waals surface area contributed by atoms with Crippen molar-refractivity contribution >= 4 is 16.8 Å². The summed E-state index contributed by atoms with van der Waals surface area (Å²) in [6.45, 7) is 7.71. The van der Waals surface area contributed by atoms with Gasteiger partial charge in [-0.3, -0.25) is 9.79 Å². The predicted octanol–water partition coefficient (Wildman–Crippen LogP) is 6.29. The quantitative estimate of drug-likeness (QED) is 0.334. The lowest BCUT2D eigenvalue weighted by Gasteiger charge is -2.34. The Balaban J connectivity index is 1.69. The van der Waals surface area contributed by atoms with Crippen molar-refractivity contribution in [2.24, 2.45) is 10.9 Å². The molecule has 0 fully saturated rings. The van der Waals surface area contributed by atoms with E-state index in [1.54, 1.807) is 0 Å². The van der Waals surface area contributed by atoms with Crippen molar-refractivity contribution in [2.75, 3.05) is 13.1 Å². The maximum atomic E-state index is 14.1. The van der Waals surface area contributed by atoms with Crippen LogP contribution in [0.3, 0.4) is 0 Å². The molecule has 0 amide bonds. The monoisotopic (exact) mass is 468 g/mol. The van der Waals surface area contributed by atoms with E-state index in [0.717, 1.165) is 23.5 Å². The van der Waals surface area contributed by atoms with Gasteiger partial charge >= 0.3 is 0 Å². The molecule has 1 atom stereocenters. The standard InChI is InChI=1S/C30H29FN2O2/c1-19(2)27(33-16-15-32-30(33)22-11-9-20(3)10-12-22)29-25(17-21-7-5-4-6-8-21)28(34)24-14-13-23(31)18-26(24)35-29/h4-14,18-19,27H,15-17H2,1-3H3. The molecule has 2 heterocycles. The summed E-state index contributed by atoms with van der Waals surface area (Å²) in [6.07, 6.45) is 0.444. The number of fused-ring (bicyclic) bond motifs is 1. The first-order valence-electron chi connectivity index (χ1n) is 12.1. The van der Waals surface area contributed by atoms with Crippen LogP contribution in [0.15, 0.2) is 87.0 Å². The second kappa shape index (κ2) is 9.49. The van der Waals surface area contributed by atoms with Gasteiger partial charge in [0, 0.05) is 30.2 Å². The summed E-state index contributed by atoms with van der Waals surface area (Å²) in [5.74, 6) is 1.18. The van der Waals surface area contributed by atoms with Crippen molar-refractivity contribution in [2.45, 2.75) is 33.2 Å². The molecule has 5 rings (SSSR count). The van der Waals surface area contributed by atoms with E-state index in [1.165, 1.54) is 23.8 Å². The smallest absolute Gasteiger partial charge is 0.196 e. The van der Waals surface area contributed by atoms with E-state index in [-0.39, 0.29) is 23.0 Å². The number of amidine groups is 1. The SMILES string of the molecule is Cc1ccc(C2=NCCN2C(c2oc3cc(F)ccc3c(=O)c2Cc2ccccc2)C(C)C)cc1. The fourth-order valence-electron chi connectivity index (χ4n) is 4.92. The van der Waals surface area contributed by atoms with Gasteiger partial charge in [-0.05, 0) is 30.5 Å². The Labute approximate surface area is 204 Å². The minimum Gasteiger partial charge on any atom is -0.458 e. The van der Waals surface area contributed by atoms with Crippen molar-refractivity contribution in [3.63, 3.8) is 0 Å². The van der Waals surface area contributed by atoms with Crippen LogP contribution in [0.2, 0.25) is 0 Å². The highest BCUT2D eigenvalue weighted by atomic mass is 19.1. The minimum absolute atomic E-state index is 0.108. The molecule has 1 unspecified atom stereocenters. The number of benzene rings is 3. The first-order chi connectivity index (χ1) is 16.9. The third-order valence-corrected chi connectivity index (χ3v) is 6.62. The van der Waals surface area contributed by atoms with Gasteiger partial charge in [0.2, 0.25) is 0 Å². The van der Waals surface area contributed by atoms with Gasteiger partial charge in [-0.1, -0.05) is 74.0 Å². The highest BCUT2D eigenvalue weighted by Gasteiger charge is 2.34. The van der Waals surface area contributed by atoms with E-state index < -0.39 is 5.82 Å². The van der Waals surface area contributed by atoms with Crippen molar-refractivity contribution < 1.29 is 8.81 Å². The fraction of sp³-hybridized carbons (Fsp3) is 0.267. The summed E-state index contributed by atoms with van der Waals surface area (Å²) >= 11 is 0. The molecule has 0 radical (unpaired) electrons. The molecule has 0 bridgehead atoms. The van der Waals surface area contributed by atoms with Gasteiger partial charge in [0.15, 0.2) is 5.43 Å². The largest absolute Gasteiger partial charge is 0.458 e. The lowest BCUT2D eigenvalue weighted by Crippen LogP contribution is -2.37. The summed E-state index contributed by atoms with van der Waals surface area (Å²) in [4.78, 5) is 20.8. The summed E-state index contributed by atoms with van der Waals surface area (Å²) in [6, 6.07) is 22.2. The zero-order chi connectivity index (χ0) is 24.5. The number of rotatable bonds is 6. The van der Waals surface area contributed by atoms with E-state index in [9.17, 15) is 9.18 Å². The summed E-state index contributed by atoms with van der Waals surface area (Å²) in [7, 11) is 0. The molecule has 3 aromatic carbocycles. The molecule has 5 heteroatoms. The van der Waals surface area contributed by atoms with Crippen molar-refractivity contribution in [3.05, 3.63) is 117 Å². The van der Waals surface area contributed by atoms with E-state index in [4.69, 9.17) is 9.41 Å². The van der Waals surface area contributed by atoms with Crippen molar-refractivity contribution in [1.82, 2.24) is 4.90 Å². The number of hydrogen-bond acceptors (Lipinski definition) is 4. The van der Waals surface area contributed by atoms with Crippen molar-refractivity contribution in [3.8, 4) is 0 Å². The van der Waals surface area contributed by atoms with Crippen LogP contribution in [-0.4, -0.2) is 23.8 Å². The highest BCUT2D eigenvalue weighted by molar-refractivity contribution is 6.00. The normalized spacial score (nSPS) is 14.5. The molecule has 1 aliphatic heterocycles. The van der Waals surface area contributed by atoms with Gasteiger partial charge in [0.1, 0.15) is 23.0 Å². The zero-order valence-electron chi connectivity index (χ0n) is 20.3. The lowest BCUT2D eigenvalue weighted by atomic mass is 9.92. The zero-order valence-corrected chi connectivity index (χ0v) is 20.3. The summed E-state index contributed by atoms with van der Waals surface area (Å²) < 4.78 is 20.6. The molecule has 35 heavy (non-hydrogen) atoms. The van der Waals surface area contributed by atoms with Crippen LogP contribution in [0, 0.1) is 18.7 Å². The van der Waals surface area contributed by atoms with E-state index in [0.29, 0.717) is 29.7 Å². The first-order valence-corrected chi connectivity index (χ1v) is 12.1. The van der Waals surface area contributed by atoms with Crippen LogP contribution in [0.5, 0.6) is 0 Å². The molecule has 1 aliphatic rings. The Morgan fingerprint density at radius 3 is 2.49 bits per heavy atom. The molecule has 1 aromatic heterocycles. The summed E-state index contributed by atoms with van der Waals surface area (Å²) in [5.41, 5.74) is 4.04. The molecule has 0 N–H and O–H groups in total. The van der Waals surface area contributed by atoms with Crippen LogP contribution in [0.4, 0.5) is 4.39 Å². The van der Waals surface area contributed by atoms with E-state index >= 15 is 0 Å². The Bertz CT molecular complexity index is 1440. The highest BCUT2D eigenvalue weighted by Crippen LogP contribution is 2.35. The minimum atomic E-state index is -0.424. The number of aliphatic imine (C=N–C) groups is 1. The lowest BCUT2D eigenvalue weighted by molar-refractivity contribution is 0.231. The van der Waals surface area contributed by atoms with Gasteiger partial charge in [-0.2, -0.15) is 0 Å². The molecule has 0 aliphatic carbocycles. The molecule has 178 valence electrons. The van der Waals surface area contributed by atoms with Gasteiger partial charge in [-0.25, -0.2) is 4.39 Å². The second-order valence-corrected chi connectivity index (χ2v) is 9.53. The number of nitrogens with zero attached hydrogens (tertiary/aromatic N) is 2. The topological polar surface area (TPSA) is 45.8 Å². The van der Waals surface area contributed by atoms with Gasteiger partial charge < -0.3 is 9.32 Å².